The Morgan fingerprint density at radius 2 is 2.06 bits per heavy atom. The van der Waals surface area contributed by atoms with Crippen molar-refractivity contribution in [2.45, 2.75) is 18.0 Å². The number of hydrogen-bond donors (Lipinski definition) is 1. The number of aryl methyl sites for hydroxylation is 1. The molecule has 2 N–H and O–H groups in total. The number of hydrogen-bond acceptors (Lipinski definition) is 3. The fourth-order valence-corrected chi connectivity index (χ4v) is 1.84. The Kier molecular flexibility index (Phi) is 4.49. The topological polar surface area (TPSA) is 35.2 Å². The molecule has 0 amide bonds. The van der Waals surface area contributed by atoms with Crippen LogP contribution in [-0.2, 0) is 4.74 Å². The van der Waals surface area contributed by atoms with E-state index in [-0.39, 0.29) is 5.94 Å². The number of halogens is 3. The van der Waals surface area contributed by atoms with E-state index in [0.29, 0.717) is 5.69 Å². The highest BCUT2D eigenvalue weighted by Crippen LogP contribution is 2.25. The molecule has 16 heavy (non-hydrogen) atoms. The lowest BCUT2D eigenvalue weighted by Gasteiger charge is -2.09. The van der Waals surface area contributed by atoms with Gasteiger partial charge in [0.05, 0.1) is 5.94 Å². The Hall–Kier alpha value is -0.880. The number of rotatable bonds is 4. The maximum Gasteiger partial charge on any atom is 0.411 e. The van der Waals surface area contributed by atoms with Gasteiger partial charge in [-0.05, 0) is 24.6 Å². The second kappa shape index (κ2) is 5.45. The molecule has 0 aromatic heterocycles. The predicted molar refractivity (Wildman–Crippen MR) is 58.3 cm³/mol. The first-order valence-corrected chi connectivity index (χ1v) is 5.50. The molecule has 1 aromatic rings. The molecule has 0 bridgehead atoms. The van der Waals surface area contributed by atoms with Crippen molar-refractivity contribution in [2.24, 2.45) is 0 Å². The lowest BCUT2D eigenvalue weighted by atomic mass is 10.2. The first kappa shape index (κ1) is 13.2. The molecule has 1 rings (SSSR count). The van der Waals surface area contributed by atoms with Crippen molar-refractivity contribution in [3.05, 3.63) is 23.8 Å². The fraction of sp³-hybridized carbons (Fsp3) is 0.400. The first-order chi connectivity index (χ1) is 7.38. The molecule has 2 nitrogen and oxygen atoms in total. The highest BCUT2D eigenvalue weighted by Gasteiger charge is 2.27. The third-order valence-corrected chi connectivity index (χ3v) is 2.81. The number of alkyl halides is 3. The highest BCUT2D eigenvalue weighted by atomic mass is 32.2. The summed E-state index contributed by atoms with van der Waals surface area (Å²) in [4.78, 5) is 0.835. The Balaban J connectivity index is 2.40. The predicted octanol–water partition coefficient (Wildman–Crippen LogP) is 3.21. The van der Waals surface area contributed by atoms with Gasteiger partial charge in [-0.1, -0.05) is 17.8 Å². The van der Waals surface area contributed by atoms with Crippen molar-refractivity contribution >= 4 is 17.4 Å². The van der Waals surface area contributed by atoms with E-state index in [1.807, 2.05) is 13.0 Å². The first-order valence-electron chi connectivity index (χ1n) is 4.52. The molecule has 0 unspecified atom stereocenters. The van der Waals surface area contributed by atoms with Crippen LogP contribution in [0.15, 0.2) is 23.1 Å². The quantitative estimate of drug-likeness (QED) is 0.386. The molecule has 90 valence electrons. The molecule has 0 heterocycles. The maximum absolute atomic E-state index is 11.8. The van der Waals surface area contributed by atoms with Crippen molar-refractivity contribution in [1.29, 1.82) is 0 Å². The standard InChI is InChI=1S/C10H12F3NOS/c1-7-2-3-8(14)4-9(7)16-6-15-5-10(11,12)13/h2-4H,5-6,14H2,1H3. The van der Waals surface area contributed by atoms with Gasteiger partial charge in [0.15, 0.2) is 0 Å². The molecule has 6 heteroatoms. The van der Waals surface area contributed by atoms with Gasteiger partial charge in [0.25, 0.3) is 0 Å². The van der Waals surface area contributed by atoms with Crippen LogP contribution in [-0.4, -0.2) is 18.7 Å². The number of nitrogen functional groups attached to an aromatic ring is 1. The van der Waals surface area contributed by atoms with Crippen molar-refractivity contribution in [3.8, 4) is 0 Å². The molecule has 0 atom stereocenters. The van der Waals surface area contributed by atoms with E-state index in [9.17, 15) is 13.2 Å². The number of thioether (sulfide) groups is 1. The summed E-state index contributed by atoms with van der Waals surface area (Å²) in [6.07, 6.45) is -4.27. The molecular weight excluding hydrogens is 239 g/mol. The Labute approximate surface area is 96.0 Å². The Morgan fingerprint density at radius 3 is 2.69 bits per heavy atom. The van der Waals surface area contributed by atoms with Crippen LogP contribution in [0, 0.1) is 6.92 Å². The average Bonchev–Trinajstić information content (AvgIpc) is 2.16. The number of anilines is 1. The minimum atomic E-state index is -4.27. The van der Waals surface area contributed by atoms with Gasteiger partial charge in [-0.25, -0.2) is 0 Å². The monoisotopic (exact) mass is 251 g/mol. The molecule has 0 saturated heterocycles. The third kappa shape index (κ3) is 4.76. The smallest absolute Gasteiger partial charge is 0.399 e. The van der Waals surface area contributed by atoms with Gasteiger partial charge >= 0.3 is 6.18 Å². The Morgan fingerprint density at radius 1 is 1.38 bits per heavy atom. The zero-order valence-corrected chi connectivity index (χ0v) is 9.49. The van der Waals surface area contributed by atoms with Crippen LogP contribution < -0.4 is 5.73 Å². The zero-order chi connectivity index (χ0) is 12.2. The molecule has 0 aliphatic carbocycles. The molecule has 0 aliphatic heterocycles. The van der Waals surface area contributed by atoms with Crippen LogP contribution in [0.1, 0.15) is 5.56 Å². The summed E-state index contributed by atoms with van der Waals surface area (Å²) in [6, 6.07) is 5.29. The SMILES string of the molecule is Cc1ccc(N)cc1SCOCC(F)(F)F. The summed E-state index contributed by atoms with van der Waals surface area (Å²) in [5.41, 5.74) is 7.12. The summed E-state index contributed by atoms with van der Waals surface area (Å²) in [5.74, 6) is -0.0379. The van der Waals surface area contributed by atoms with E-state index in [1.165, 1.54) is 11.8 Å². The second-order valence-corrected chi connectivity index (χ2v) is 4.21. The second-order valence-electron chi connectivity index (χ2n) is 3.25. The van der Waals surface area contributed by atoms with Crippen LogP contribution in [0.25, 0.3) is 0 Å². The summed E-state index contributed by atoms with van der Waals surface area (Å²) >= 11 is 1.20. The van der Waals surface area contributed by atoms with Crippen LogP contribution in [0.2, 0.25) is 0 Å². The molecule has 1 aromatic carbocycles. The number of ether oxygens (including phenoxy) is 1. The van der Waals surface area contributed by atoms with E-state index < -0.39 is 12.8 Å². The third-order valence-electron chi connectivity index (χ3n) is 1.78. The van der Waals surface area contributed by atoms with Gasteiger partial charge in [0, 0.05) is 10.6 Å². The molecule has 0 spiro atoms. The van der Waals surface area contributed by atoms with Gasteiger partial charge < -0.3 is 10.5 Å². The lowest BCUT2D eigenvalue weighted by molar-refractivity contribution is -0.168. The summed E-state index contributed by atoms with van der Waals surface area (Å²) in [5, 5.41) is 0. The van der Waals surface area contributed by atoms with Crippen LogP contribution in [0.5, 0.6) is 0 Å². The summed E-state index contributed by atoms with van der Waals surface area (Å²) < 4.78 is 39.8. The Bertz CT molecular complexity index is 354. The number of nitrogens with two attached hydrogens (primary N) is 1. The summed E-state index contributed by atoms with van der Waals surface area (Å²) in [6.45, 7) is 0.646. The highest BCUT2D eigenvalue weighted by molar-refractivity contribution is 7.99. The fourth-order valence-electron chi connectivity index (χ4n) is 1.03. The molecule has 0 radical (unpaired) electrons. The minimum absolute atomic E-state index is 0.0379. The number of benzene rings is 1. The normalized spacial score (nSPS) is 11.8. The van der Waals surface area contributed by atoms with Gasteiger partial charge in [0.1, 0.15) is 6.61 Å². The van der Waals surface area contributed by atoms with Crippen molar-refractivity contribution in [2.75, 3.05) is 18.3 Å². The van der Waals surface area contributed by atoms with Crippen LogP contribution in [0.3, 0.4) is 0 Å². The maximum atomic E-state index is 11.8. The van der Waals surface area contributed by atoms with E-state index in [2.05, 4.69) is 4.74 Å². The van der Waals surface area contributed by atoms with Crippen molar-refractivity contribution < 1.29 is 17.9 Å². The zero-order valence-electron chi connectivity index (χ0n) is 8.67. The van der Waals surface area contributed by atoms with Gasteiger partial charge in [-0.3, -0.25) is 0 Å². The van der Waals surface area contributed by atoms with Crippen LogP contribution in [0.4, 0.5) is 18.9 Å². The molecule has 0 saturated carbocycles. The van der Waals surface area contributed by atoms with E-state index in [4.69, 9.17) is 5.73 Å². The summed E-state index contributed by atoms with van der Waals surface area (Å²) in [7, 11) is 0. The average molecular weight is 251 g/mol. The van der Waals surface area contributed by atoms with Gasteiger partial charge in [0.2, 0.25) is 0 Å². The molecule has 0 aliphatic rings. The molecular formula is C10H12F3NOS. The van der Waals surface area contributed by atoms with E-state index in [1.54, 1.807) is 12.1 Å². The minimum Gasteiger partial charge on any atom is -0.399 e. The molecule has 0 fully saturated rings. The van der Waals surface area contributed by atoms with Gasteiger partial charge in [-0.2, -0.15) is 13.2 Å². The van der Waals surface area contributed by atoms with Crippen molar-refractivity contribution in [1.82, 2.24) is 0 Å². The van der Waals surface area contributed by atoms with E-state index in [0.717, 1.165) is 10.5 Å². The van der Waals surface area contributed by atoms with Gasteiger partial charge in [-0.15, -0.1) is 0 Å². The largest absolute Gasteiger partial charge is 0.411 e. The van der Waals surface area contributed by atoms with Crippen molar-refractivity contribution in [3.63, 3.8) is 0 Å². The lowest BCUT2D eigenvalue weighted by Crippen LogP contribution is -2.16. The van der Waals surface area contributed by atoms with Crippen LogP contribution >= 0.6 is 11.8 Å². The van der Waals surface area contributed by atoms with E-state index >= 15 is 0 Å².